The van der Waals surface area contributed by atoms with Crippen molar-refractivity contribution in [1.29, 1.82) is 0 Å². The summed E-state index contributed by atoms with van der Waals surface area (Å²) < 4.78 is 17.5. The molecule has 0 spiro atoms. The number of hydrogen-bond acceptors (Lipinski definition) is 2. The summed E-state index contributed by atoms with van der Waals surface area (Å²) in [6.45, 7) is 0.555. The molecule has 4 aromatic rings. The second kappa shape index (κ2) is 8.78. The number of aryl methyl sites for hydroxylation is 1. The van der Waals surface area contributed by atoms with E-state index in [0.29, 0.717) is 13.0 Å². The first-order valence-corrected chi connectivity index (χ1v) is 11.1. The molecule has 0 radical (unpaired) electrons. The van der Waals surface area contributed by atoms with Crippen molar-refractivity contribution in [1.82, 2.24) is 9.99 Å². The van der Waals surface area contributed by atoms with Crippen LogP contribution < -0.4 is 5.43 Å². The summed E-state index contributed by atoms with van der Waals surface area (Å²) in [5.74, 6) is -0.476. The molecule has 0 aliphatic rings. The second-order valence-corrected chi connectivity index (χ2v) is 9.06. The first-order valence-electron chi connectivity index (χ1n) is 8.96. The van der Waals surface area contributed by atoms with Gasteiger partial charge in [-0.1, -0.05) is 12.1 Å². The predicted octanol–water partition coefficient (Wildman–Crippen LogP) is 5.68. The normalized spacial score (nSPS) is 11.6. The van der Waals surface area contributed by atoms with Crippen LogP contribution in [0.3, 0.4) is 0 Å². The van der Waals surface area contributed by atoms with Gasteiger partial charge in [0.15, 0.2) is 0 Å². The minimum Gasteiger partial charge on any atom is -0.340 e. The van der Waals surface area contributed by atoms with Crippen LogP contribution in [0.1, 0.15) is 12.0 Å². The van der Waals surface area contributed by atoms with Gasteiger partial charge in [0.2, 0.25) is 5.91 Å². The molecule has 1 amide bonds. The molecule has 0 saturated heterocycles. The minimum atomic E-state index is -0.304. The van der Waals surface area contributed by atoms with Crippen LogP contribution in [0.4, 0.5) is 4.39 Å². The Bertz CT molecular complexity index is 1170. The summed E-state index contributed by atoms with van der Waals surface area (Å²) in [6, 6.07) is 18.6. The van der Waals surface area contributed by atoms with Gasteiger partial charge in [-0.05, 0) is 99.3 Å². The van der Waals surface area contributed by atoms with E-state index < -0.39 is 0 Å². The van der Waals surface area contributed by atoms with Gasteiger partial charge in [0.05, 0.1) is 6.21 Å². The van der Waals surface area contributed by atoms with Gasteiger partial charge in [-0.15, -0.1) is 0 Å². The van der Waals surface area contributed by atoms with Gasteiger partial charge >= 0.3 is 0 Å². The summed E-state index contributed by atoms with van der Waals surface area (Å²) in [6.07, 6.45) is 1.80. The Kier molecular flexibility index (Phi) is 6.14. The number of hydrazone groups is 1. The molecule has 0 aliphatic heterocycles. The number of halogens is 3. The molecule has 146 valence electrons. The number of rotatable bonds is 5. The van der Waals surface area contributed by atoms with Gasteiger partial charge in [0.25, 0.3) is 0 Å². The maximum atomic E-state index is 12.9. The Hall–Kier alpha value is -2.01. The lowest BCUT2D eigenvalue weighted by Gasteiger charge is -2.07. The highest BCUT2D eigenvalue weighted by molar-refractivity contribution is 14.1. The third-order valence-corrected chi connectivity index (χ3v) is 5.97. The Morgan fingerprint density at radius 1 is 0.966 bits per heavy atom. The van der Waals surface area contributed by atoms with Crippen molar-refractivity contribution in [2.24, 2.45) is 5.10 Å². The van der Waals surface area contributed by atoms with Crippen molar-refractivity contribution in [3.8, 4) is 0 Å². The molecule has 4 nitrogen and oxygen atoms in total. The molecular weight excluding hydrogens is 595 g/mol. The monoisotopic (exact) mass is 611 g/mol. The molecule has 0 aliphatic carbocycles. The molecule has 4 rings (SSSR count). The highest BCUT2D eigenvalue weighted by Crippen LogP contribution is 2.31. The number of nitrogens with one attached hydrogen (secondary N) is 1. The Balaban J connectivity index is 1.51. The fraction of sp³-hybridized carbons (Fsp3) is 0.0909. The third kappa shape index (κ3) is 4.61. The quantitative estimate of drug-likeness (QED) is 0.176. The topological polar surface area (TPSA) is 46.4 Å². The number of benzene rings is 3. The van der Waals surface area contributed by atoms with Crippen LogP contribution in [0, 0.1) is 13.0 Å². The van der Waals surface area contributed by atoms with Crippen LogP contribution >= 0.6 is 45.2 Å². The van der Waals surface area contributed by atoms with Crippen molar-refractivity contribution in [2.75, 3.05) is 0 Å². The van der Waals surface area contributed by atoms with E-state index in [-0.39, 0.29) is 11.7 Å². The lowest BCUT2D eigenvalue weighted by Crippen LogP contribution is -2.19. The van der Waals surface area contributed by atoms with Crippen LogP contribution in [-0.2, 0) is 11.3 Å². The Morgan fingerprint density at radius 3 is 2.14 bits per heavy atom. The van der Waals surface area contributed by atoms with Crippen LogP contribution in [0.5, 0.6) is 0 Å². The Labute approximate surface area is 194 Å². The standard InChI is InChI=1S/C22H16FI2N3O/c23-15-3-1-14(2-4-15)13-26-27-22(29)9-10-28-20-7-5-16(24)11-18(20)19-12-17(25)6-8-21(19)28/h1-8,11-13H,9-10H2,(H,27,29)/b26-13+. The van der Waals surface area contributed by atoms with Gasteiger partial charge in [0, 0.05) is 41.9 Å². The molecule has 0 bridgehead atoms. The van der Waals surface area contributed by atoms with Gasteiger partial charge < -0.3 is 4.57 Å². The fourth-order valence-electron chi connectivity index (χ4n) is 3.29. The lowest BCUT2D eigenvalue weighted by atomic mass is 10.2. The smallest absolute Gasteiger partial charge is 0.241 e. The molecule has 1 aromatic heterocycles. The number of nitrogens with zero attached hydrogens (tertiary/aromatic N) is 2. The van der Waals surface area contributed by atoms with E-state index in [4.69, 9.17) is 0 Å². The van der Waals surface area contributed by atoms with Crippen LogP contribution in [-0.4, -0.2) is 16.7 Å². The zero-order valence-electron chi connectivity index (χ0n) is 15.2. The van der Waals surface area contributed by atoms with E-state index in [1.54, 1.807) is 12.1 Å². The summed E-state index contributed by atoms with van der Waals surface area (Å²) in [5.41, 5.74) is 5.50. The molecule has 3 aromatic carbocycles. The van der Waals surface area contributed by atoms with E-state index >= 15 is 0 Å². The minimum absolute atomic E-state index is 0.172. The van der Waals surface area contributed by atoms with E-state index in [9.17, 15) is 9.18 Å². The maximum absolute atomic E-state index is 12.9. The SMILES string of the molecule is O=C(CCn1c2ccc(I)cc2c2cc(I)ccc21)N/N=C/c1ccc(F)cc1. The summed E-state index contributed by atoms with van der Waals surface area (Å²) in [5, 5.41) is 6.35. The average molecular weight is 611 g/mol. The molecule has 0 unspecified atom stereocenters. The Morgan fingerprint density at radius 2 is 1.55 bits per heavy atom. The predicted molar refractivity (Wildman–Crippen MR) is 132 cm³/mol. The van der Waals surface area contributed by atoms with E-state index in [0.717, 1.165) is 16.6 Å². The second-order valence-electron chi connectivity index (χ2n) is 6.57. The summed E-state index contributed by atoms with van der Waals surface area (Å²) in [4.78, 5) is 12.3. The molecule has 29 heavy (non-hydrogen) atoms. The summed E-state index contributed by atoms with van der Waals surface area (Å²) >= 11 is 4.64. The molecule has 1 heterocycles. The van der Waals surface area contributed by atoms with E-state index in [1.807, 2.05) is 0 Å². The molecular formula is C22H16FI2N3O. The molecule has 0 atom stereocenters. The number of fused-ring (bicyclic) bond motifs is 3. The summed E-state index contributed by atoms with van der Waals surface area (Å²) in [7, 11) is 0. The van der Waals surface area contributed by atoms with Crippen molar-refractivity contribution < 1.29 is 9.18 Å². The first kappa shape index (κ1) is 20.3. The highest BCUT2D eigenvalue weighted by atomic mass is 127. The third-order valence-electron chi connectivity index (χ3n) is 4.62. The largest absolute Gasteiger partial charge is 0.340 e. The number of carbonyl (C=O) groups is 1. The number of amides is 1. The molecule has 7 heteroatoms. The number of aromatic nitrogens is 1. The van der Waals surface area contributed by atoms with Gasteiger partial charge in [-0.2, -0.15) is 5.10 Å². The number of carbonyl (C=O) groups excluding carboxylic acids is 1. The fourth-order valence-corrected chi connectivity index (χ4v) is 4.27. The van der Waals surface area contributed by atoms with E-state index in [2.05, 4.69) is 96.7 Å². The van der Waals surface area contributed by atoms with Crippen molar-refractivity contribution in [3.05, 3.63) is 79.2 Å². The highest BCUT2D eigenvalue weighted by Gasteiger charge is 2.12. The van der Waals surface area contributed by atoms with Crippen LogP contribution in [0.25, 0.3) is 21.8 Å². The molecule has 0 saturated carbocycles. The van der Waals surface area contributed by atoms with Crippen molar-refractivity contribution in [3.63, 3.8) is 0 Å². The average Bonchev–Trinajstić information content (AvgIpc) is 3.00. The van der Waals surface area contributed by atoms with Crippen LogP contribution in [0.15, 0.2) is 65.8 Å². The first-order chi connectivity index (χ1) is 14.0. The molecule has 1 N–H and O–H groups in total. The van der Waals surface area contributed by atoms with Crippen molar-refractivity contribution in [2.45, 2.75) is 13.0 Å². The van der Waals surface area contributed by atoms with Crippen molar-refractivity contribution >= 4 is 79.1 Å². The lowest BCUT2D eigenvalue weighted by molar-refractivity contribution is -0.121. The maximum Gasteiger partial charge on any atom is 0.241 e. The van der Waals surface area contributed by atoms with Crippen LogP contribution in [0.2, 0.25) is 0 Å². The van der Waals surface area contributed by atoms with E-state index in [1.165, 1.54) is 36.3 Å². The molecule has 0 fully saturated rings. The zero-order valence-corrected chi connectivity index (χ0v) is 19.5. The van der Waals surface area contributed by atoms with Gasteiger partial charge in [-0.25, -0.2) is 9.82 Å². The zero-order chi connectivity index (χ0) is 20.4. The number of hydrogen-bond donors (Lipinski definition) is 1. The van der Waals surface area contributed by atoms with Gasteiger partial charge in [0.1, 0.15) is 5.82 Å². The van der Waals surface area contributed by atoms with Gasteiger partial charge in [-0.3, -0.25) is 4.79 Å².